The number of halogens is 1. The number of piperidine rings is 1. The third-order valence-electron chi connectivity index (χ3n) is 5.79. The third-order valence-corrected chi connectivity index (χ3v) is 5.79. The molecule has 2 aromatic rings. The van der Waals surface area contributed by atoms with E-state index in [-0.39, 0.29) is 24.4 Å². The summed E-state index contributed by atoms with van der Waals surface area (Å²) in [6.45, 7) is 8.71. The number of carbonyl (C=O) groups excluding carboxylic acids is 1. The summed E-state index contributed by atoms with van der Waals surface area (Å²) in [5, 5.41) is 12.5. The molecular weight excluding hydrogens is 381 g/mol. The molecule has 0 radical (unpaired) electrons. The molecule has 1 fully saturated rings. The van der Waals surface area contributed by atoms with Crippen LogP contribution in [0.1, 0.15) is 48.2 Å². The van der Waals surface area contributed by atoms with E-state index in [0.29, 0.717) is 37.2 Å². The molecule has 3 rings (SSSR count). The minimum Gasteiger partial charge on any atom is -0.393 e. The monoisotopic (exact) mass is 413 g/mol. The number of carbonyl (C=O) groups is 1. The molecule has 1 amide bonds. The van der Waals surface area contributed by atoms with Gasteiger partial charge in [0, 0.05) is 31.7 Å². The summed E-state index contributed by atoms with van der Waals surface area (Å²) in [6, 6.07) is 12.7. The molecule has 0 atom stereocenters. The zero-order valence-electron chi connectivity index (χ0n) is 17.9. The van der Waals surface area contributed by atoms with E-state index in [1.165, 1.54) is 11.6 Å². The van der Waals surface area contributed by atoms with E-state index in [2.05, 4.69) is 24.1 Å². The van der Waals surface area contributed by atoms with Gasteiger partial charge in [-0.15, -0.1) is 0 Å². The molecule has 0 aromatic heterocycles. The SMILES string of the molecule is CCN(CC)Cc1ccc(C(=O)NCc2ccc(N3CCC(O)CC3)c(F)c2)cc1. The topological polar surface area (TPSA) is 55.8 Å². The van der Waals surface area contributed by atoms with E-state index in [0.717, 1.165) is 25.2 Å². The van der Waals surface area contributed by atoms with Crippen LogP contribution in [0, 0.1) is 5.82 Å². The normalized spacial score (nSPS) is 14.9. The van der Waals surface area contributed by atoms with Crippen LogP contribution in [0.25, 0.3) is 0 Å². The average molecular weight is 414 g/mol. The molecule has 6 heteroatoms. The highest BCUT2D eigenvalue weighted by atomic mass is 19.1. The highest BCUT2D eigenvalue weighted by Crippen LogP contribution is 2.24. The van der Waals surface area contributed by atoms with Crippen LogP contribution in [-0.4, -0.2) is 48.2 Å². The largest absolute Gasteiger partial charge is 0.393 e. The van der Waals surface area contributed by atoms with E-state index < -0.39 is 0 Å². The first-order chi connectivity index (χ1) is 14.5. The second-order valence-corrected chi connectivity index (χ2v) is 7.84. The molecule has 0 spiro atoms. The second kappa shape index (κ2) is 10.5. The quantitative estimate of drug-likeness (QED) is 0.695. The Morgan fingerprint density at radius 2 is 1.73 bits per heavy atom. The van der Waals surface area contributed by atoms with Crippen molar-refractivity contribution in [3.8, 4) is 0 Å². The Bertz CT molecular complexity index is 829. The lowest BCUT2D eigenvalue weighted by Gasteiger charge is -2.31. The van der Waals surface area contributed by atoms with Crippen LogP contribution in [0.5, 0.6) is 0 Å². The smallest absolute Gasteiger partial charge is 0.251 e. The Balaban J connectivity index is 1.55. The Morgan fingerprint density at radius 3 is 2.33 bits per heavy atom. The van der Waals surface area contributed by atoms with Crippen LogP contribution >= 0.6 is 0 Å². The summed E-state index contributed by atoms with van der Waals surface area (Å²) in [5.41, 5.74) is 3.06. The van der Waals surface area contributed by atoms with Crippen LogP contribution in [-0.2, 0) is 13.1 Å². The van der Waals surface area contributed by atoms with Gasteiger partial charge in [-0.3, -0.25) is 9.69 Å². The molecule has 2 aromatic carbocycles. The van der Waals surface area contributed by atoms with Crippen molar-refractivity contribution in [2.75, 3.05) is 31.1 Å². The molecule has 0 bridgehead atoms. The standard InChI is InChI=1S/C24H32FN3O2/c1-3-27(4-2)17-18-5-8-20(9-6-18)24(30)26-16-19-7-10-23(22(25)15-19)28-13-11-21(29)12-14-28/h5-10,15,21,29H,3-4,11-14,16-17H2,1-2H3,(H,26,30). The summed E-state index contributed by atoms with van der Waals surface area (Å²) in [5.74, 6) is -0.460. The van der Waals surface area contributed by atoms with Gasteiger partial charge in [0.1, 0.15) is 5.82 Å². The van der Waals surface area contributed by atoms with Crippen molar-refractivity contribution < 1.29 is 14.3 Å². The van der Waals surface area contributed by atoms with Crippen LogP contribution in [0.15, 0.2) is 42.5 Å². The minimum atomic E-state index is -0.293. The van der Waals surface area contributed by atoms with Gasteiger partial charge in [0.15, 0.2) is 0 Å². The van der Waals surface area contributed by atoms with Crippen molar-refractivity contribution in [1.29, 1.82) is 0 Å². The maximum absolute atomic E-state index is 14.6. The number of hydrogen-bond donors (Lipinski definition) is 2. The van der Waals surface area contributed by atoms with Crippen molar-refractivity contribution in [2.45, 2.75) is 45.9 Å². The van der Waals surface area contributed by atoms with Gasteiger partial charge in [-0.05, 0) is 61.3 Å². The summed E-state index contributed by atoms with van der Waals surface area (Å²) >= 11 is 0. The molecule has 162 valence electrons. The van der Waals surface area contributed by atoms with Gasteiger partial charge in [0.25, 0.3) is 5.91 Å². The second-order valence-electron chi connectivity index (χ2n) is 7.84. The van der Waals surface area contributed by atoms with E-state index in [1.54, 1.807) is 6.07 Å². The van der Waals surface area contributed by atoms with Crippen molar-refractivity contribution in [2.24, 2.45) is 0 Å². The number of hydrogen-bond acceptors (Lipinski definition) is 4. The highest BCUT2D eigenvalue weighted by Gasteiger charge is 2.19. The number of nitrogens with one attached hydrogen (secondary N) is 1. The lowest BCUT2D eigenvalue weighted by atomic mass is 10.1. The Hall–Kier alpha value is -2.44. The van der Waals surface area contributed by atoms with Gasteiger partial charge < -0.3 is 15.3 Å². The fourth-order valence-electron chi connectivity index (χ4n) is 3.77. The van der Waals surface area contributed by atoms with E-state index >= 15 is 0 Å². The fraction of sp³-hybridized carbons (Fsp3) is 0.458. The molecule has 0 aliphatic carbocycles. The molecule has 0 saturated carbocycles. The zero-order chi connectivity index (χ0) is 21.5. The molecular formula is C24H32FN3O2. The first kappa shape index (κ1) is 22.2. The minimum absolute atomic E-state index is 0.168. The van der Waals surface area contributed by atoms with Crippen LogP contribution in [0.3, 0.4) is 0 Å². The first-order valence-corrected chi connectivity index (χ1v) is 10.8. The van der Waals surface area contributed by atoms with Gasteiger partial charge in [-0.25, -0.2) is 4.39 Å². The maximum Gasteiger partial charge on any atom is 0.251 e. The molecule has 1 aliphatic heterocycles. The number of aliphatic hydroxyl groups excluding tert-OH is 1. The zero-order valence-corrected chi connectivity index (χ0v) is 17.9. The highest BCUT2D eigenvalue weighted by molar-refractivity contribution is 5.94. The van der Waals surface area contributed by atoms with Crippen LogP contribution in [0.4, 0.5) is 10.1 Å². The first-order valence-electron chi connectivity index (χ1n) is 10.8. The van der Waals surface area contributed by atoms with Crippen molar-refractivity contribution in [1.82, 2.24) is 10.2 Å². The van der Waals surface area contributed by atoms with Crippen LogP contribution < -0.4 is 10.2 Å². The van der Waals surface area contributed by atoms with Gasteiger partial charge in [-0.2, -0.15) is 0 Å². The van der Waals surface area contributed by atoms with Crippen LogP contribution in [0.2, 0.25) is 0 Å². The van der Waals surface area contributed by atoms with Gasteiger partial charge in [0.2, 0.25) is 0 Å². The molecule has 5 nitrogen and oxygen atoms in total. The fourth-order valence-corrected chi connectivity index (χ4v) is 3.77. The Labute approximate surface area is 178 Å². The lowest BCUT2D eigenvalue weighted by molar-refractivity contribution is 0.0951. The maximum atomic E-state index is 14.6. The van der Waals surface area contributed by atoms with Crippen molar-refractivity contribution in [3.05, 3.63) is 65.0 Å². The predicted octanol–water partition coefficient (Wildman–Crippen LogP) is 3.56. The summed E-state index contributed by atoms with van der Waals surface area (Å²) < 4.78 is 14.6. The van der Waals surface area contributed by atoms with Crippen molar-refractivity contribution in [3.63, 3.8) is 0 Å². The number of aliphatic hydroxyl groups is 1. The molecule has 1 aliphatic rings. The van der Waals surface area contributed by atoms with Crippen molar-refractivity contribution >= 4 is 11.6 Å². The van der Waals surface area contributed by atoms with E-state index in [1.807, 2.05) is 35.2 Å². The molecule has 1 saturated heterocycles. The lowest BCUT2D eigenvalue weighted by Crippen LogP contribution is -2.36. The summed E-state index contributed by atoms with van der Waals surface area (Å²) in [6.07, 6.45) is 1.03. The molecule has 2 N–H and O–H groups in total. The van der Waals surface area contributed by atoms with Gasteiger partial charge >= 0.3 is 0 Å². The number of benzene rings is 2. The third kappa shape index (κ3) is 5.80. The average Bonchev–Trinajstić information content (AvgIpc) is 2.77. The Morgan fingerprint density at radius 1 is 1.10 bits per heavy atom. The summed E-state index contributed by atoms with van der Waals surface area (Å²) in [4.78, 5) is 16.7. The predicted molar refractivity (Wildman–Crippen MR) is 118 cm³/mol. The Kier molecular flexibility index (Phi) is 7.82. The summed E-state index contributed by atoms with van der Waals surface area (Å²) in [7, 11) is 0. The molecule has 30 heavy (non-hydrogen) atoms. The number of rotatable bonds is 8. The van der Waals surface area contributed by atoms with E-state index in [9.17, 15) is 14.3 Å². The number of anilines is 1. The van der Waals surface area contributed by atoms with Gasteiger partial charge in [-0.1, -0.05) is 32.0 Å². The van der Waals surface area contributed by atoms with Gasteiger partial charge in [0.05, 0.1) is 11.8 Å². The molecule has 1 heterocycles. The molecule has 0 unspecified atom stereocenters. The number of nitrogens with zero attached hydrogens (tertiary/aromatic N) is 2. The number of amides is 1. The van der Waals surface area contributed by atoms with E-state index in [4.69, 9.17) is 0 Å².